The van der Waals surface area contributed by atoms with E-state index < -0.39 is 11.8 Å². The van der Waals surface area contributed by atoms with E-state index in [1.54, 1.807) is 43.4 Å². The van der Waals surface area contributed by atoms with Gasteiger partial charge < -0.3 is 19.1 Å². The number of halogens is 2. The van der Waals surface area contributed by atoms with Crippen molar-refractivity contribution in [3.05, 3.63) is 75.7 Å². The number of allylic oxidation sites excluding steroid dienone is 4. The van der Waals surface area contributed by atoms with Gasteiger partial charge in [-0.1, -0.05) is 29.8 Å². The Labute approximate surface area is 187 Å². The Morgan fingerprint density at radius 1 is 1.22 bits per heavy atom. The molecule has 0 radical (unpaired) electrons. The summed E-state index contributed by atoms with van der Waals surface area (Å²) in [7, 11) is 0. The molecule has 0 spiro atoms. The van der Waals surface area contributed by atoms with Gasteiger partial charge in [0.1, 0.15) is 11.5 Å². The van der Waals surface area contributed by atoms with Crippen LogP contribution < -0.4 is 9.47 Å². The average Bonchev–Trinajstić information content (AvgIpc) is 3.31. The van der Waals surface area contributed by atoms with Crippen LogP contribution in [0, 0.1) is 12.7 Å². The van der Waals surface area contributed by atoms with E-state index >= 15 is 0 Å². The SMILES string of the molecule is Cc1cc2c(C3=CC=CCC3=O)c(C(=O)O)n(Cc3cc4c(cc3Cl)OCO4)c2cc1F. The summed E-state index contributed by atoms with van der Waals surface area (Å²) in [6.07, 6.45) is 5.20. The lowest BCUT2D eigenvalue weighted by molar-refractivity contribution is -0.113. The van der Waals surface area contributed by atoms with Crippen LogP contribution >= 0.6 is 11.6 Å². The third-order valence-corrected chi connectivity index (χ3v) is 6.04. The number of aromatic nitrogens is 1. The molecule has 8 heteroatoms. The average molecular weight is 454 g/mol. The van der Waals surface area contributed by atoms with Crippen molar-refractivity contribution < 1.29 is 28.6 Å². The summed E-state index contributed by atoms with van der Waals surface area (Å²) < 4.78 is 26.8. The number of carbonyl (C=O) groups is 2. The van der Waals surface area contributed by atoms with Gasteiger partial charge in [0.2, 0.25) is 6.79 Å². The van der Waals surface area contributed by atoms with Gasteiger partial charge in [-0.25, -0.2) is 9.18 Å². The molecule has 1 aliphatic carbocycles. The molecule has 2 aliphatic rings. The van der Waals surface area contributed by atoms with Gasteiger partial charge in [0, 0.05) is 34.0 Å². The highest BCUT2D eigenvalue weighted by Crippen LogP contribution is 2.40. The molecular weight excluding hydrogens is 437 g/mol. The third kappa shape index (κ3) is 3.17. The van der Waals surface area contributed by atoms with Crippen LogP contribution in [-0.4, -0.2) is 28.2 Å². The second-order valence-electron chi connectivity index (χ2n) is 7.67. The first-order valence-corrected chi connectivity index (χ1v) is 10.3. The molecule has 0 unspecified atom stereocenters. The van der Waals surface area contributed by atoms with Crippen LogP contribution in [0.3, 0.4) is 0 Å². The molecule has 3 aromatic rings. The van der Waals surface area contributed by atoms with Crippen molar-refractivity contribution in [3.63, 3.8) is 0 Å². The Morgan fingerprint density at radius 2 is 1.97 bits per heavy atom. The van der Waals surface area contributed by atoms with Crippen molar-refractivity contribution >= 4 is 39.8 Å². The Balaban J connectivity index is 1.79. The number of ether oxygens (including phenoxy) is 2. The third-order valence-electron chi connectivity index (χ3n) is 5.69. The number of nitrogens with zero attached hydrogens (tertiary/aromatic N) is 1. The maximum atomic E-state index is 14.6. The summed E-state index contributed by atoms with van der Waals surface area (Å²) in [5, 5.41) is 11.0. The summed E-state index contributed by atoms with van der Waals surface area (Å²) in [5.41, 5.74) is 1.75. The number of aryl methyl sites for hydroxylation is 1. The molecule has 0 atom stereocenters. The molecule has 32 heavy (non-hydrogen) atoms. The minimum Gasteiger partial charge on any atom is -0.477 e. The normalized spacial score (nSPS) is 14.8. The molecule has 5 rings (SSSR count). The molecule has 162 valence electrons. The minimum atomic E-state index is -1.23. The Hall–Kier alpha value is -3.58. The smallest absolute Gasteiger partial charge is 0.353 e. The topological polar surface area (TPSA) is 77.8 Å². The second kappa shape index (κ2) is 7.53. The predicted molar refractivity (Wildman–Crippen MR) is 117 cm³/mol. The van der Waals surface area contributed by atoms with E-state index in [9.17, 15) is 19.1 Å². The number of carbonyl (C=O) groups excluding carboxylic acids is 1. The van der Waals surface area contributed by atoms with Crippen LogP contribution in [0.2, 0.25) is 5.02 Å². The first-order valence-electron chi connectivity index (χ1n) is 9.89. The van der Waals surface area contributed by atoms with Crippen molar-refractivity contribution in [2.24, 2.45) is 0 Å². The summed E-state index contributed by atoms with van der Waals surface area (Å²) in [5.74, 6) is -0.899. The maximum absolute atomic E-state index is 14.6. The standard InChI is InChI=1S/C24H17ClFNO5/c1-12-6-15-18(9-17(12)26)27(10-13-7-20-21(8-16(13)25)32-11-31-20)23(24(29)30)22(15)14-4-2-3-5-19(14)28/h2-4,6-9H,5,10-11H2,1H3,(H,29,30). The lowest BCUT2D eigenvalue weighted by Crippen LogP contribution is -2.13. The Morgan fingerprint density at radius 3 is 2.69 bits per heavy atom. The fourth-order valence-electron chi connectivity index (χ4n) is 4.15. The van der Waals surface area contributed by atoms with E-state index in [0.29, 0.717) is 38.6 Å². The molecule has 6 nitrogen and oxygen atoms in total. The number of benzene rings is 2. The Bertz CT molecular complexity index is 1390. The molecule has 1 aromatic heterocycles. The number of ketones is 1. The van der Waals surface area contributed by atoms with Gasteiger partial charge >= 0.3 is 5.97 Å². The molecule has 1 aliphatic heterocycles. The van der Waals surface area contributed by atoms with Crippen LogP contribution in [-0.2, 0) is 11.3 Å². The molecule has 0 saturated carbocycles. The van der Waals surface area contributed by atoms with Gasteiger partial charge in [-0.05, 0) is 36.2 Å². The van der Waals surface area contributed by atoms with Gasteiger partial charge in [0.25, 0.3) is 0 Å². The first kappa shape index (κ1) is 20.3. The lowest BCUT2D eigenvalue weighted by Gasteiger charge is -2.13. The molecule has 1 N–H and O–H groups in total. The summed E-state index contributed by atoms with van der Waals surface area (Å²) in [6.45, 7) is 1.70. The van der Waals surface area contributed by atoms with Gasteiger partial charge in [-0.15, -0.1) is 0 Å². The highest BCUT2D eigenvalue weighted by molar-refractivity contribution is 6.31. The maximum Gasteiger partial charge on any atom is 0.353 e. The summed E-state index contributed by atoms with van der Waals surface area (Å²) in [6, 6.07) is 6.16. The molecular formula is C24H17ClFNO5. The monoisotopic (exact) mass is 453 g/mol. The largest absolute Gasteiger partial charge is 0.477 e. The number of fused-ring (bicyclic) bond motifs is 2. The van der Waals surface area contributed by atoms with E-state index in [0.717, 1.165) is 0 Å². The molecule has 0 amide bonds. The summed E-state index contributed by atoms with van der Waals surface area (Å²) >= 11 is 6.43. The van der Waals surface area contributed by atoms with Crippen molar-refractivity contribution in [2.45, 2.75) is 19.9 Å². The van der Waals surface area contributed by atoms with E-state index in [1.807, 2.05) is 0 Å². The van der Waals surface area contributed by atoms with Crippen molar-refractivity contribution in [2.75, 3.05) is 6.79 Å². The van der Waals surface area contributed by atoms with Crippen molar-refractivity contribution in [1.29, 1.82) is 0 Å². The number of Topliss-reactive ketones (excluding diaryl/α,β-unsaturated/α-hetero) is 1. The van der Waals surface area contributed by atoms with Crippen LogP contribution in [0.15, 0.2) is 42.5 Å². The first-order chi connectivity index (χ1) is 15.3. The zero-order chi connectivity index (χ0) is 22.6. The zero-order valence-corrected chi connectivity index (χ0v) is 17.7. The number of aromatic carboxylic acids is 1. The number of hydrogen-bond donors (Lipinski definition) is 1. The van der Waals surface area contributed by atoms with Crippen LogP contribution in [0.5, 0.6) is 11.5 Å². The van der Waals surface area contributed by atoms with Gasteiger partial charge in [-0.3, -0.25) is 4.79 Å². The van der Waals surface area contributed by atoms with Crippen LogP contribution in [0.4, 0.5) is 4.39 Å². The minimum absolute atomic E-state index is 0.0351. The molecule has 0 saturated heterocycles. The molecule has 2 heterocycles. The van der Waals surface area contributed by atoms with Crippen molar-refractivity contribution in [1.82, 2.24) is 4.57 Å². The fourth-order valence-corrected chi connectivity index (χ4v) is 4.37. The van der Waals surface area contributed by atoms with E-state index in [-0.39, 0.29) is 42.4 Å². The van der Waals surface area contributed by atoms with Gasteiger partial charge in [-0.2, -0.15) is 0 Å². The quantitative estimate of drug-likeness (QED) is 0.592. The summed E-state index contributed by atoms with van der Waals surface area (Å²) in [4.78, 5) is 25.1. The molecule has 0 fully saturated rings. The van der Waals surface area contributed by atoms with Crippen LogP contribution in [0.1, 0.15) is 33.6 Å². The highest BCUT2D eigenvalue weighted by atomic mass is 35.5. The molecule has 0 bridgehead atoms. The van der Waals surface area contributed by atoms with Gasteiger partial charge in [0.05, 0.1) is 12.1 Å². The molecule has 2 aromatic carbocycles. The van der Waals surface area contributed by atoms with E-state index in [4.69, 9.17) is 21.1 Å². The Kier molecular flexibility index (Phi) is 4.78. The van der Waals surface area contributed by atoms with Gasteiger partial charge in [0.15, 0.2) is 17.3 Å². The van der Waals surface area contributed by atoms with Crippen molar-refractivity contribution in [3.8, 4) is 11.5 Å². The zero-order valence-electron chi connectivity index (χ0n) is 16.9. The highest BCUT2D eigenvalue weighted by Gasteiger charge is 2.29. The fraction of sp³-hybridized carbons (Fsp3) is 0.167. The number of carboxylic acid groups (broad SMARTS) is 1. The number of hydrogen-bond acceptors (Lipinski definition) is 4. The second-order valence-corrected chi connectivity index (χ2v) is 8.07. The predicted octanol–water partition coefficient (Wildman–Crippen LogP) is 5.13. The lowest BCUT2D eigenvalue weighted by atomic mass is 9.93. The van der Waals surface area contributed by atoms with E-state index in [1.165, 1.54) is 10.6 Å². The number of carboxylic acids is 1. The van der Waals surface area contributed by atoms with Crippen LogP contribution in [0.25, 0.3) is 16.5 Å². The number of rotatable bonds is 4. The van der Waals surface area contributed by atoms with E-state index in [2.05, 4.69) is 0 Å².